The van der Waals surface area contributed by atoms with E-state index in [4.69, 9.17) is 4.74 Å². The number of sulfonamides is 1. The third-order valence-electron chi connectivity index (χ3n) is 6.42. The number of carbonyl (C=O) groups excluding carboxylic acids is 2. The molecule has 3 aromatic rings. The van der Waals surface area contributed by atoms with E-state index in [-0.39, 0.29) is 37.0 Å². The number of carbonyl (C=O) groups is 2. The highest BCUT2D eigenvalue weighted by molar-refractivity contribution is 7.89. The van der Waals surface area contributed by atoms with Gasteiger partial charge in [-0.25, -0.2) is 13.2 Å². The van der Waals surface area contributed by atoms with Crippen LogP contribution < -0.4 is 0 Å². The van der Waals surface area contributed by atoms with Gasteiger partial charge in [0.25, 0.3) is 5.91 Å². The van der Waals surface area contributed by atoms with E-state index in [9.17, 15) is 18.0 Å². The number of amides is 1. The molecule has 0 saturated carbocycles. The lowest BCUT2D eigenvalue weighted by atomic mass is 9.89. The third-order valence-corrected chi connectivity index (χ3v) is 8.31. The summed E-state index contributed by atoms with van der Waals surface area (Å²) >= 11 is 0. The maximum absolute atomic E-state index is 13.3. The van der Waals surface area contributed by atoms with E-state index in [1.54, 1.807) is 42.2 Å². The second-order valence-corrected chi connectivity index (χ2v) is 10.6. The summed E-state index contributed by atoms with van der Waals surface area (Å²) in [5.41, 5.74) is -0.0404. The van der Waals surface area contributed by atoms with Crippen molar-refractivity contribution < 1.29 is 22.7 Å². The molecule has 1 atom stereocenters. The maximum Gasteiger partial charge on any atom is 0.339 e. The number of cyclic esters (lactones) is 1. The van der Waals surface area contributed by atoms with Crippen LogP contribution in [0.2, 0.25) is 0 Å². The summed E-state index contributed by atoms with van der Waals surface area (Å²) in [7, 11) is -3.68. The van der Waals surface area contributed by atoms with Crippen molar-refractivity contribution in [1.82, 2.24) is 9.21 Å². The Morgan fingerprint density at radius 3 is 2.33 bits per heavy atom. The van der Waals surface area contributed by atoms with Crippen LogP contribution >= 0.6 is 0 Å². The summed E-state index contributed by atoms with van der Waals surface area (Å²) < 4.78 is 33.4. The van der Waals surface area contributed by atoms with Crippen molar-refractivity contribution in [1.29, 1.82) is 0 Å². The van der Waals surface area contributed by atoms with Gasteiger partial charge in [-0.3, -0.25) is 4.79 Å². The fourth-order valence-corrected chi connectivity index (χ4v) is 6.05. The highest BCUT2D eigenvalue weighted by Crippen LogP contribution is 2.30. The first-order valence-corrected chi connectivity index (χ1v) is 12.3. The summed E-state index contributed by atoms with van der Waals surface area (Å²) in [4.78, 5) is 27.6. The average Bonchev–Trinajstić information content (AvgIpc) is 2.83. The summed E-state index contributed by atoms with van der Waals surface area (Å²) in [5.74, 6) is -0.807. The zero-order valence-electron chi connectivity index (χ0n) is 18.2. The van der Waals surface area contributed by atoms with E-state index in [0.29, 0.717) is 12.0 Å². The molecule has 170 valence electrons. The normalized spacial score (nSPS) is 21.5. The van der Waals surface area contributed by atoms with Gasteiger partial charge in [-0.1, -0.05) is 48.5 Å². The maximum atomic E-state index is 13.3. The van der Waals surface area contributed by atoms with Crippen LogP contribution in [0.1, 0.15) is 22.8 Å². The van der Waals surface area contributed by atoms with Gasteiger partial charge in [-0.2, -0.15) is 4.31 Å². The van der Waals surface area contributed by atoms with E-state index >= 15 is 0 Å². The van der Waals surface area contributed by atoms with Gasteiger partial charge >= 0.3 is 5.97 Å². The van der Waals surface area contributed by atoms with Crippen LogP contribution in [0.5, 0.6) is 0 Å². The van der Waals surface area contributed by atoms with Gasteiger partial charge in [0.05, 0.1) is 10.5 Å². The van der Waals surface area contributed by atoms with Gasteiger partial charge in [0.1, 0.15) is 0 Å². The number of esters is 1. The van der Waals surface area contributed by atoms with Crippen molar-refractivity contribution in [2.75, 3.05) is 26.2 Å². The molecule has 1 saturated heterocycles. The Morgan fingerprint density at radius 2 is 1.58 bits per heavy atom. The van der Waals surface area contributed by atoms with Crippen molar-refractivity contribution in [3.05, 3.63) is 77.9 Å². The predicted molar refractivity (Wildman–Crippen MR) is 123 cm³/mol. The van der Waals surface area contributed by atoms with Crippen LogP contribution in [0, 0.1) is 0 Å². The second kappa shape index (κ2) is 7.97. The Bertz CT molecular complexity index is 1360. The second-order valence-electron chi connectivity index (χ2n) is 8.66. The molecule has 0 aromatic heterocycles. The van der Waals surface area contributed by atoms with Gasteiger partial charge in [0.15, 0.2) is 5.60 Å². The highest BCUT2D eigenvalue weighted by atomic mass is 32.2. The third kappa shape index (κ3) is 3.79. The first-order chi connectivity index (χ1) is 15.8. The molecule has 2 aliphatic heterocycles. The summed E-state index contributed by atoms with van der Waals surface area (Å²) in [6.45, 7) is 2.46. The van der Waals surface area contributed by atoms with Crippen LogP contribution in [0.4, 0.5) is 0 Å². The lowest BCUT2D eigenvalue weighted by Gasteiger charge is -2.40. The molecule has 1 amide bonds. The fraction of sp³-hybridized carbons (Fsp3) is 0.280. The number of ether oxygens (including phenoxy) is 1. The number of hydrogen-bond acceptors (Lipinski definition) is 5. The molecule has 0 N–H and O–H groups in total. The molecule has 8 heteroatoms. The number of benzene rings is 3. The van der Waals surface area contributed by atoms with E-state index in [2.05, 4.69) is 0 Å². The van der Waals surface area contributed by atoms with Crippen LogP contribution in [0.3, 0.4) is 0 Å². The molecule has 0 aliphatic carbocycles. The van der Waals surface area contributed by atoms with Crippen molar-refractivity contribution in [2.24, 2.45) is 0 Å². The van der Waals surface area contributed by atoms with Gasteiger partial charge in [0.2, 0.25) is 10.0 Å². The molecule has 5 rings (SSSR count). The van der Waals surface area contributed by atoms with Crippen molar-refractivity contribution in [3.8, 4) is 0 Å². The highest BCUT2D eigenvalue weighted by Gasteiger charge is 2.45. The Kier molecular flexibility index (Phi) is 5.22. The Balaban J connectivity index is 1.30. The number of fused-ring (bicyclic) bond motifs is 2. The fourth-order valence-electron chi connectivity index (χ4n) is 4.59. The molecule has 1 fully saturated rings. The minimum Gasteiger partial charge on any atom is -0.445 e. The number of nitrogens with zero attached hydrogens (tertiary/aromatic N) is 2. The first-order valence-electron chi connectivity index (χ1n) is 10.9. The van der Waals surface area contributed by atoms with Crippen molar-refractivity contribution >= 4 is 32.7 Å². The number of rotatable bonds is 3. The molecule has 0 spiro atoms. The number of hydrogen-bond donors (Lipinski definition) is 0. The predicted octanol–water partition coefficient (Wildman–Crippen LogP) is 2.84. The zero-order valence-corrected chi connectivity index (χ0v) is 19.0. The standard InChI is InChI=1S/C25H24N2O5S/c1-25(17-20-8-4-5-9-22(20)23(28)32-25)24(29)26-12-14-27(15-13-26)33(30,31)21-11-10-18-6-2-3-7-19(18)16-21/h2-11,16H,12-15,17H2,1H3. The van der Waals surface area contributed by atoms with Gasteiger partial charge in [-0.05, 0) is 41.5 Å². The molecule has 0 bridgehead atoms. The van der Waals surface area contributed by atoms with E-state index in [1.807, 2.05) is 36.4 Å². The molecule has 1 unspecified atom stereocenters. The quantitative estimate of drug-likeness (QED) is 0.557. The van der Waals surface area contributed by atoms with Crippen LogP contribution in [-0.4, -0.2) is 61.3 Å². The topological polar surface area (TPSA) is 84.0 Å². The Hall–Kier alpha value is -3.23. The molecule has 2 aliphatic rings. The Morgan fingerprint density at radius 1 is 0.909 bits per heavy atom. The summed E-state index contributed by atoms with van der Waals surface area (Å²) in [5, 5.41) is 1.84. The monoisotopic (exact) mass is 464 g/mol. The largest absolute Gasteiger partial charge is 0.445 e. The smallest absolute Gasteiger partial charge is 0.339 e. The van der Waals surface area contributed by atoms with Crippen LogP contribution in [0.25, 0.3) is 10.8 Å². The molecular weight excluding hydrogens is 440 g/mol. The zero-order chi connectivity index (χ0) is 23.2. The van der Waals surface area contributed by atoms with Gasteiger partial charge in [-0.15, -0.1) is 0 Å². The van der Waals surface area contributed by atoms with Crippen LogP contribution in [-0.2, 0) is 26.0 Å². The minimum absolute atomic E-state index is 0.182. The van der Waals surface area contributed by atoms with Crippen LogP contribution in [0.15, 0.2) is 71.6 Å². The molecule has 33 heavy (non-hydrogen) atoms. The SMILES string of the molecule is CC1(C(=O)N2CCN(S(=O)(=O)c3ccc4ccccc4c3)CC2)Cc2ccccc2C(=O)O1. The molecule has 2 heterocycles. The molecule has 0 radical (unpaired) electrons. The lowest BCUT2D eigenvalue weighted by molar-refractivity contribution is -0.152. The molecule has 3 aromatic carbocycles. The van der Waals surface area contributed by atoms with E-state index in [0.717, 1.165) is 16.3 Å². The summed E-state index contributed by atoms with van der Waals surface area (Å²) in [6, 6.07) is 19.8. The Labute approximate surface area is 192 Å². The minimum atomic E-state index is -3.68. The number of piperazine rings is 1. The average molecular weight is 465 g/mol. The summed E-state index contributed by atoms with van der Waals surface area (Å²) in [6.07, 6.45) is 0.295. The van der Waals surface area contributed by atoms with Gasteiger partial charge in [0, 0.05) is 32.6 Å². The molecule has 7 nitrogen and oxygen atoms in total. The first kappa shape index (κ1) is 21.6. The van der Waals surface area contributed by atoms with E-state index < -0.39 is 21.6 Å². The molecular formula is C25H24N2O5S. The van der Waals surface area contributed by atoms with Crippen molar-refractivity contribution in [2.45, 2.75) is 23.8 Å². The van der Waals surface area contributed by atoms with Gasteiger partial charge < -0.3 is 9.64 Å². The lowest BCUT2D eigenvalue weighted by Crippen LogP contribution is -2.58. The van der Waals surface area contributed by atoms with E-state index in [1.165, 1.54) is 4.31 Å². The van der Waals surface area contributed by atoms with Crippen molar-refractivity contribution in [3.63, 3.8) is 0 Å².